The molecular formula is C24H27NO7. The van der Waals surface area contributed by atoms with Gasteiger partial charge in [0.1, 0.15) is 29.3 Å². The van der Waals surface area contributed by atoms with Crippen LogP contribution in [0.2, 0.25) is 0 Å². The van der Waals surface area contributed by atoms with Crippen LogP contribution in [0.15, 0.2) is 60.0 Å². The first-order valence-corrected chi connectivity index (χ1v) is 10.2. The maximum absolute atomic E-state index is 12.9. The maximum Gasteiger partial charge on any atom is 0.319 e. The zero-order chi connectivity index (χ0) is 23.4. The minimum Gasteiger partial charge on any atom is -0.509 e. The number of esters is 1. The highest BCUT2D eigenvalue weighted by molar-refractivity contribution is 5.84. The fraction of sp³-hybridized carbons (Fsp3) is 0.333. The van der Waals surface area contributed by atoms with E-state index >= 15 is 0 Å². The van der Waals surface area contributed by atoms with E-state index in [1.165, 1.54) is 26.0 Å². The molecule has 3 rings (SSSR count). The van der Waals surface area contributed by atoms with E-state index in [2.05, 4.69) is 0 Å². The predicted octanol–water partition coefficient (Wildman–Crippen LogP) is 3.29. The number of para-hydroxylation sites is 2. The molecule has 0 saturated heterocycles. The number of nitrogens with zero attached hydrogens (tertiary/aromatic N) is 1. The molecule has 8 nitrogen and oxygen atoms in total. The molecule has 0 bridgehead atoms. The summed E-state index contributed by atoms with van der Waals surface area (Å²) in [4.78, 5) is 27.0. The number of benzene rings is 2. The van der Waals surface area contributed by atoms with Gasteiger partial charge in [0.2, 0.25) is 5.91 Å². The van der Waals surface area contributed by atoms with Crippen molar-refractivity contribution in [3.8, 4) is 11.5 Å². The lowest BCUT2D eigenvalue weighted by Crippen LogP contribution is -2.35. The third-order valence-electron chi connectivity index (χ3n) is 5.44. The summed E-state index contributed by atoms with van der Waals surface area (Å²) in [6.07, 6.45) is -1.44. The Hall–Kier alpha value is -3.52. The van der Waals surface area contributed by atoms with E-state index in [4.69, 9.17) is 14.2 Å². The summed E-state index contributed by atoms with van der Waals surface area (Å²) in [5, 5.41) is 22.5. The highest BCUT2D eigenvalue weighted by Gasteiger charge is 2.51. The summed E-state index contributed by atoms with van der Waals surface area (Å²) in [6, 6.07) is 12.6. The molecule has 1 aliphatic heterocycles. The van der Waals surface area contributed by atoms with Gasteiger partial charge in [-0.3, -0.25) is 9.59 Å². The summed E-state index contributed by atoms with van der Waals surface area (Å²) in [6.45, 7) is 3.04. The van der Waals surface area contributed by atoms with E-state index in [0.717, 1.165) is 0 Å². The fourth-order valence-corrected chi connectivity index (χ4v) is 4.11. The van der Waals surface area contributed by atoms with Crippen LogP contribution in [-0.2, 0) is 14.3 Å². The van der Waals surface area contributed by atoms with Crippen molar-refractivity contribution in [2.75, 3.05) is 20.8 Å². The Kier molecular flexibility index (Phi) is 7.05. The summed E-state index contributed by atoms with van der Waals surface area (Å²) in [5.41, 5.74) is 0.735. The minimum absolute atomic E-state index is 0.0890. The molecule has 0 spiro atoms. The molecule has 2 aromatic carbocycles. The van der Waals surface area contributed by atoms with Gasteiger partial charge in [0, 0.05) is 18.1 Å². The van der Waals surface area contributed by atoms with Crippen molar-refractivity contribution in [1.29, 1.82) is 0 Å². The largest absolute Gasteiger partial charge is 0.509 e. The van der Waals surface area contributed by atoms with Crippen molar-refractivity contribution < 1.29 is 34.0 Å². The van der Waals surface area contributed by atoms with Gasteiger partial charge in [0.15, 0.2) is 0 Å². The Labute approximate surface area is 186 Å². The smallest absolute Gasteiger partial charge is 0.319 e. The maximum atomic E-state index is 12.9. The van der Waals surface area contributed by atoms with Crippen molar-refractivity contribution in [2.24, 2.45) is 5.92 Å². The van der Waals surface area contributed by atoms with Gasteiger partial charge >= 0.3 is 5.97 Å². The molecule has 3 unspecified atom stereocenters. The highest BCUT2D eigenvalue weighted by atomic mass is 16.5. The van der Waals surface area contributed by atoms with Crippen LogP contribution < -0.4 is 9.47 Å². The second kappa shape index (κ2) is 9.74. The van der Waals surface area contributed by atoms with E-state index in [-0.39, 0.29) is 12.3 Å². The van der Waals surface area contributed by atoms with Crippen molar-refractivity contribution in [2.45, 2.75) is 26.0 Å². The number of hydrogen-bond donors (Lipinski definition) is 2. The number of aliphatic hydroxyl groups is 2. The average Bonchev–Trinajstić information content (AvgIpc) is 3.11. The van der Waals surface area contributed by atoms with E-state index in [1.807, 2.05) is 0 Å². The van der Waals surface area contributed by atoms with Crippen LogP contribution in [0.5, 0.6) is 11.5 Å². The van der Waals surface area contributed by atoms with Crippen molar-refractivity contribution in [3.63, 3.8) is 0 Å². The van der Waals surface area contributed by atoms with Crippen LogP contribution in [0, 0.1) is 5.92 Å². The number of carbonyl (C=O) groups excluding carboxylic acids is 2. The monoisotopic (exact) mass is 441 g/mol. The lowest BCUT2D eigenvalue weighted by Gasteiger charge is -2.31. The molecule has 0 radical (unpaired) electrons. The molecule has 170 valence electrons. The normalized spacial score (nSPS) is 19.0. The minimum atomic E-state index is -1.44. The van der Waals surface area contributed by atoms with Crippen molar-refractivity contribution in [1.82, 2.24) is 4.90 Å². The van der Waals surface area contributed by atoms with E-state index in [1.54, 1.807) is 55.5 Å². The second-order valence-electron chi connectivity index (χ2n) is 7.22. The van der Waals surface area contributed by atoms with Gasteiger partial charge in [-0.15, -0.1) is 0 Å². The van der Waals surface area contributed by atoms with E-state index < -0.39 is 35.7 Å². The second-order valence-corrected chi connectivity index (χ2v) is 7.22. The average molecular weight is 441 g/mol. The molecule has 3 atom stereocenters. The Morgan fingerprint density at radius 3 is 2.22 bits per heavy atom. The summed E-state index contributed by atoms with van der Waals surface area (Å²) in [5.74, 6) is -2.06. The van der Waals surface area contributed by atoms with Gasteiger partial charge in [-0.2, -0.15) is 0 Å². The molecule has 1 amide bonds. The van der Waals surface area contributed by atoms with E-state index in [0.29, 0.717) is 22.6 Å². The van der Waals surface area contributed by atoms with Gasteiger partial charge in [-0.25, -0.2) is 0 Å². The van der Waals surface area contributed by atoms with Crippen LogP contribution in [-0.4, -0.2) is 47.8 Å². The van der Waals surface area contributed by atoms with Crippen LogP contribution in [0.1, 0.15) is 37.1 Å². The molecule has 0 aliphatic carbocycles. The standard InChI is InChI=1S/C24H27NO7/c1-5-32-24(29)19-20(15-10-6-8-12-17(15)30-3)25(14(2)26)21(23(19)28)22(27)16-11-7-9-13-18(16)31-4/h6-13,19-20,22,27-28H,5H2,1-4H3. The van der Waals surface area contributed by atoms with Gasteiger partial charge in [0.25, 0.3) is 0 Å². The van der Waals surface area contributed by atoms with Gasteiger partial charge in [-0.1, -0.05) is 36.4 Å². The highest BCUT2D eigenvalue weighted by Crippen LogP contribution is 2.50. The number of carbonyl (C=O) groups is 2. The molecule has 0 saturated carbocycles. The van der Waals surface area contributed by atoms with Crippen molar-refractivity contribution >= 4 is 11.9 Å². The Morgan fingerprint density at radius 1 is 1.03 bits per heavy atom. The molecule has 1 heterocycles. The zero-order valence-corrected chi connectivity index (χ0v) is 18.4. The van der Waals surface area contributed by atoms with Gasteiger partial charge < -0.3 is 29.3 Å². The first-order valence-electron chi connectivity index (χ1n) is 10.2. The number of methoxy groups -OCH3 is 2. The SMILES string of the molecule is CCOC(=O)C1C(O)=C(C(O)c2ccccc2OC)N(C(C)=O)C1c1ccccc1OC. The Balaban J connectivity index is 2.23. The molecular weight excluding hydrogens is 414 g/mol. The van der Waals surface area contributed by atoms with Crippen LogP contribution in [0.25, 0.3) is 0 Å². The zero-order valence-electron chi connectivity index (χ0n) is 18.4. The Morgan fingerprint density at radius 2 is 1.62 bits per heavy atom. The lowest BCUT2D eigenvalue weighted by atomic mass is 9.92. The molecule has 0 fully saturated rings. The molecule has 8 heteroatoms. The number of amides is 1. The van der Waals surface area contributed by atoms with Gasteiger partial charge in [-0.05, 0) is 19.1 Å². The number of rotatable bonds is 7. The molecule has 0 aromatic heterocycles. The quantitative estimate of drug-likeness (QED) is 0.635. The van der Waals surface area contributed by atoms with Crippen LogP contribution >= 0.6 is 0 Å². The third-order valence-corrected chi connectivity index (χ3v) is 5.44. The summed E-state index contributed by atoms with van der Waals surface area (Å²) in [7, 11) is 2.93. The number of ether oxygens (including phenoxy) is 3. The Bertz CT molecular complexity index is 1030. The molecule has 2 N–H and O–H groups in total. The molecule has 32 heavy (non-hydrogen) atoms. The number of aliphatic hydroxyl groups excluding tert-OH is 2. The fourth-order valence-electron chi connectivity index (χ4n) is 4.11. The van der Waals surface area contributed by atoms with Gasteiger partial charge in [0.05, 0.1) is 32.6 Å². The summed E-state index contributed by atoms with van der Waals surface area (Å²) < 4.78 is 16.0. The molecule has 1 aliphatic rings. The first kappa shape index (κ1) is 23.1. The predicted molar refractivity (Wildman–Crippen MR) is 116 cm³/mol. The van der Waals surface area contributed by atoms with Crippen LogP contribution in [0.3, 0.4) is 0 Å². The number of hydrogen-bond acceptors (Lipinski definition) is 7. The van der Waals surface area contributed by atoms with E-state index in [9.17, 15) is 19.8 Å². The molecule has 2 aromatic rings. The lowest BCUT2D eigenvalue weighted by molar-refractivity contribution is -0.149. The first-order chi connectivity index (χ1) is 15.4. The topological polar surface area (TPSA) is 106 Å². The van der Waals surface area contributed by atoms with Crippen molar-refractivity contribution in [3.05, 3.63) is 71.1 Å². The third kappa shape index (κ3) is 4.01. The van der Waals surface area contributed by atoms with Crippen LogP contribution in [0.4, 0.5) is 0 Å². The summed E-state index contributed by atoms with van der Waals surface area (Å²) >= 11 is 0.